The highest BCUT2D eigenvalue weighted by atomic mass is 35.5. The molecule has 120 valence electrons. The van der Waals surface area contributed by atoms with Crippen molar-refractivity contribution in [3.8, 4) is 10.6 Å². The summed E-state index contributed by atoms with van der Waals surface area (Å²) in [5.41, 5.74) is 2.14. The molecule has 0 spiro atoms. The lowest BCUT2D eigenvalue weighted by atomic mass is 9.96. The van der Waals surface area contributed by atoms with E-state index in [9.17, 15) is 0 Å². The first-order valence-electron chi connectivity index (χ1n) is 7.62. The van der Waals surface area contributed by atoms with Crippen LogP contribution in [-0.4, -0.2) is 5.16 Å². The molecule has 3 aromatic rings. The summed E-state index contributed by atoms with van der Waals surface area (Å²) in [6.45, 7) is 5.07. The van der Waals surface area contributed by atoms with Crippen molar-refractivity contribution in [2.75, 3.05) is 0 Å². The van der Waals surface area contributed by atoms with Crippen LogP contribution in [0, 0.1) is 5.92 Å². The summed E-state index contributed by atoms with van der Waals surface area (Å²) in [6.07, 6.45) is 0. The fourth-order valence-electron chi connectivity index (χ4n) is 2.55. The van der Waals surface area contributed by atoms with Gasteiger partial charge in [-0.3, -0.25) is 0 Å². The third-order valence-corrected chi connectivity index (χ3v) is 4.86. The summed E-state index contributed by atoms with van der Waals surface area (Å²) >= 11 is 7.63. The molecule has 0 bridgehead atoms. The van der Waals surface area contributed by atoms with Crippen molar-refractivity contribution in [2.24, 2.45) is 5.92 Å². The maximum absolute atomic E-state index is 5.98. The number of nitrogens with zero attached hydrogens (tertiary/aromatic N) is 1. The minimum atomic E-state index is 0.245. The largest absolute Gasteiger partial charge is 0.355 e. The van der Waals surface area contributed by atoms with Crippen molar-refractivity contribution < 1.29 is 4.52 Å². The highest BCUT2D eigenvalue weighted by Crippen LogP contribution is 2.26. The van der Waals surface area contributed by atoms with Gasteiger partial charge in [-0.2, -0.15) is 0 Å². The zero-order valence-corrected chi connectivity index (χ0v) is 14.7. The van der Waals surface area contributed by atoms with E-state index in [-0.39, 0.29) is 6.04 Å². The molecule has 3 rings (SSSR count). The van der Waals surface area contributed by atoms with Gasteiger partial charge in [0, 0.05) is 23.7 Å². The SMILES string of the molecule is CC(C)C(NCc1cc(-c2cccs2)on1)c1ccc(Cl)cc1. The molecule has 0 saturated heterocycles. The Morgan fingerprint density at radius 1 is 1.22 bits per heavy atom. The lowest BCUT2D eigenvalue weighted by Crippen LogP contribution is -2.25. The predicted molar refractivity (Wildman–Crippen MR) is 95.7 cm³/mol. The second kappa shape index (κ2) is 7.30. The topological polar surface area (TPSA) is 38.1 Å². The van der Waals surface area contributed by atoms with Crippen molar-refractivity contribution in [3.63, 3.8) is 0 Å². The van der Waals surface area contributed by atoms with Gasteiger partial charge in [0.25, 0.3) is 0 Å². The number of nitrogens with one attached hydrogen (secondary N) is 1. The van der Waals surface area contributed by atoms with Crippen LogP contribution in [0.5, 0.6) is 0 Å². The molecule has 1 atom stereocenters. The van der Waals surface area contributed by atoms with Crippen molar-refractivity contribution >= 4 is 22.9 Å². The molecule has 23 heavy (non-hydrogen) atoms. The molecule has 0 aliphatic carbocycles. The van der Waals surface area contributed by atoms with E-state index in [2.05, 4.69) is 36.5 Å². The van der Waals surface area contributed by atoms with Gasteiger partial charge < -0.3 is 9.84 Å². The first kappa shape index (κ1) is 16.2. The number of hydrogen-bond acceptors (Lipinski definition) is 4. The van der Waals surface area contributed by atoms with Crippen molar-refractivity contribution in [2.45, 2.75) is 26.4 Å². The van der Waals surface area contributed by atoms with Crippen LogP contribution in [0.1, 0.15) is 31.1 Å². The van der Waals surface area contributed by atoms with E-state index in [1.165, 1.54) is 5.56 Å². The standard InChI is InChI=1S/C18H19ClN2OS/c1-12(2)18(13-5-7-14(19)8-6-13)20-11-15-10-16(22-21-15)17-4-3-9-23-17/h3-10,12,18,20H,11H2,1-2H3. The average Bonchev–Trinajstić information content (AvgIpc) is 3.19. The molecule has 3 nitrogen and oxygen atoms in total. The van der Waals surface area contributed by atoms with Crippen LogP contribution in [0.4, 0.5) is 0 Å². The Balaban J connectivity index is 1.68. The lowest BCUT2D eigenvalue weighted by molar-refractivity contribution is 0.388. The van der Waals surface area contributed by atoms with Gasteiger partial charge in [0.05, 0.1) is 10.6 Å². The molecule has 0 aliphatic rings. The molecule has 2 aromatic heterocycles. The fourth-order valence-corrected chi connectivity index (χ4v) is 3.35. The third-order valence-electron chi connectivity index (χ3n) is 3.72. The van der Waals surface area contributed by atoms with E-state index in [0.29, 0.717) is 12.5 Å². The third kappa shape index (κ3) is 4.02. The molecule has 0 fully saturated rings. The van der Waals surface area contributed by atoms with E-state index in [0.717, 1.165) is 21.4 Å². The number of halogens is 1. The quantitative estimate of drug-likeness (QED) is 0.636. The van der Waals surface area contributed by atoms with E-state index >= 15 is 0 Å². The molecular formula is C18H19ClN2OS. The molecule has 0 amide bonds. The Morgan fingerprint density at radius 2 is 2.00 bits per heavy atom. The molecule has 0 radical (unpaired) electrons. The van der Waals surface area contributed by atoms with E-state index < -0.39 is 0 Å². The normalized spacial score (nSPS) is 12.7. The Kier molecular flexibility index (Phi) is 5.16. The number of thiophene rings is 1. The maximum atomic E-state index is 5.98. The van der Waals surface area contributed by atoms with E-state index in [1.54, 1.807) is 11.3 Å². The minimum absolute atomic E-state index is 0.245. The van der Waals surface area contributed by atoms with Gasteiger partial charge in [-0.15, -0.1) is 11.3 Å². The molecule has 2 heterocycles. The van der Waals surface area contributed by atoms with Crippen LogP contribution >= 0.6 is 22.9 Å². The average molecular weight is 347 g/mol. The van der Waals surface area contributed by atoms with Gasteiger partial charge in [-0.1, -0.05) is 48.8 Å². The summed E-state index contributed by atoms with van der Waals surface area (Å²) in [5.74, 6) is 1.28. The van der Waals surface area contributed by atoms with Crippen LogP contribution in [0.3, 0.4) is 0 Å². The summed E-state index contributed by atoms with van der Waals surface area (Å²) < 4.78 is 5.43. The molecule has 0 saturated carbocycles. The van der Waals surface area contributed by atoms with Gasteiger partial charge in [0.2, 0.25) is 0 Å². The van der Waals surface area contributed by atoms with Crippen molar-refractivity contribution in [1.29, 1.82) is 0 Å². The molecule has 1 unspecified atom stereocenters. The number of benzene rings is 1. The van der Waals surface area contributed by atoms with Crippen LogP contribution in [-0.2, 0) is 6.54 Å². The summed E-state index contributed by atoms with van der Waals surface area (Å²) in [7, 11) is 0. The Hall–Kier alpha value is -1.62. The molecule has 0 aliphatic heterocycles. The Morgan fingerprint density at radius 3 is 2.65 bits per heavy atom. The van der Waals surface area contributed by atoms with Gasteiger partial charge in [0.1, 0.15) is 0 Å². The van der Waals surface area contributed by atoms with Crippen LogP contribution in [0.2, 0.25) is 5.02 Å². The zero-order valence-electron chi connectivity index (χ0n) is 13.1. The lowest BCUT2D eigenvalue weighted by Gasteiger charge is -2.22. The smallest absolute Gasteiger partial charge is 0.177 e. The second-order valence-corrected chi connectivity index (χ2v) is 7.20. The first-order chi connectivity index (χ1) is 11.1. The van der Waals surface area contributed by atoms with Crippen molar-refractivity contribution in [1.82, 2.24) is 10.5 Å². The number of rotatable bonds is 6. The molecule has 1 N–H and O–H groups in total. The monoisotopic (exact) mass is 346 g/mol. The summed E-state index contributed by atoms with van der Waals surface area (Å²) in [4.78, 5) is 1.10. The highest BCUT2D eigenvalue weighted by molar-refractivity contribution is 7.13. The van der Waals surface area contributed by atoms with Gasteiger partial charge >= 0.3 is 0 Å². The fraction of sp³-hybridized carbons (Fsp3) is 0.278. The van der Waals surface area contributed by atoms with Crippen LogP contribution < -0.4 is 5.32 Å². The van der Waals surface area contributed by atoms with Gasteiger partial charge in [-0.05, 0) is 35.1 Å². The minimum Gasteiger partial charge on any atom is -0.355 e. The molecular weight excluding hydrogens is 328 g/mol. The summed E-state index contributed by atoms with van der Waals surface area (Å²) in [5, 5.41) is 10.5. The highest BCUT2D eigenvalue weighted by Gasteiger charge is 2.16. The molecule has 5 heteroatoms. The van der Waals surface area contributed by atoms with E-state index in [4.69, 9.17) is 16.1 Å². The summed E-state index contributed by atoms with van der Waals surface area (Å²) in [6, 6.07) is 14.3. The maximum Gasteiger partial charge on any atom is 0.177 e. The second-order valence-electron chi connectivity index (χ2n) is 5.81. The first-order valence-corrected chi connectivity index (χ1v) is 8.87. The predicted octanol–water partition coefficient (Wildman–Crippen LogP) is 5.54. The van der Waals surface area contributed by atoms with Crippen LogP contribution in [0.25, 0.3) is 10.6 Å². The number of hydrogen-bond donors (Lipinski definition) is 1. The van der Waals surface area contributed by atoms with Gasteiger partial charge in [-0.25, -0.2) is 0 Å². The van der Waals surface area contributed by atoms with Gasteiger partial charge in [0.15, 0.2) is 5.76 Å². The van der Waals surface area contributed by atoms with Crippen LogP contribution in [0.15, 0.2) is 52.4 Å². The number of aromatic nitrogens is 1. The Bertz CT molecular complexity index is 735. The molecule has 1 aromatic carbocycles. The Labute approximate surface area is 145 Å². The van der Waals surface area contributed by atoms with E-state index in [1.807, 2.05) is 35.7 Å². The zero-order chi connectivity index (χ0) is 16.2. The van der Waals surface area contributed by atoms with Crippen molar-refractivity contribution in [3.05, 3.63) is 64.1 Å².